The first-order chi connectivity index (χ1) is 17.4. The lowest BCUT2D eigenvalue weighted by Crippen LogP contribution is -2.64. The van der Waals surface area contributed by atoms with E-state index in [1.807, 2.05) is 6.08 Å². The van der Waals surface area contributed by atoms with E-state index in [2.05, 4.69) is 51.4 Å². The average Bonchev–Trinajstić information content (AvgIpc) is 3.59. The largest absolute Gasteiger partial charge is 0.445 e. The van der Waals surface area contributed by atoms with Crippen molar-refractivity contribution in [2.75, 3.05) is 19.6 Å². The molecule has 3 saturated carbocycles. The summed E-state index contributed by atoms with van der Waals surface area (Å²) in [4.78, 5) is 42.2. The van der Waals surface area contributed by atoms with Crippen LogP contribution in [0.5, 0.6) is 0 Å². The van der Waals surface area contributed by atoms with Crippen LogP contribution in [-0.2, 0) is 14.3 Å². The Bertz CT molecular complexity index is 983. The molecular formula is C30H46N2O5. The lowest BCUT2D eigenvalue weighted by Gasteiger charge is -2.62. The summed E-state index contributed by atoms with van der Waals surface area (Å²) < 4.78 is 6.24. The van der Waals surface area contributed by atoms with Crippen molar-refractivity contribution in [2.24, 2.45) is 51.8 Å². The molecule has 7 heteroatoms. The Kier molecular flexibility index (Phi) is 6.67. The van der Waals surface area contributed by atoms with Crippen molar-refractivity contribution in [3.63, 3.8) is 0 Å². The number of Topliss-reactive ketones (excluding diaryl/α,β-unsaturated/α-hetero) is 1. The summed E-state index contributed by atoms with van der Waals surface area (Å²) in [6.45, 7) is 17.2. The fourth-order valence-corrected chi connectivity index (χ4v) is 9.45. The number of aliphatic hydroxyl groups excluding tert-OH is 1. The third-order valence-electron chi connectivity index (χ3n) is 12.4. The van der Waals surface area contributed by atoms with Gasteiger partial charge in [0.05, 0.1) is 12.0 Å². The first kappa shape index (κ1) is 26.9. The van der Waals surface area contributed by atoms with E-state index in [1.165, 1.54) is 0 Å². The number of piperidine rings is 1. The van der Waals surface area contributed by atoms with Crippen LogP contribution in [0.15, 0.2) is 12.7 Å². The molecule has 0 aromatic carbocycles. The van der Waals surface area contributed by atoms with Crippen LogP contribution >= 0.6 is 0 Å². The van der Waals surface area contributed by atoms with Gasteiger partial charge in [-0.25, -0.2) is 4.79 Å². The Morgan fingerprint density at radius 2 is 1.95 bits per heavy atom. The Balaban J connectivity index is 1.49. The smallest absolute Gasteiger partial charge is 0.414 e. The highest BCUT2D eigenvalue weighted by Crippen LogP contribution is 2.68. The lowest BCUT2D eigenvalue weighted by molar-refractivity contribution is -0.203. The maximum atomic E-state index is 13.6. The highest BCUT2D eigenvalue weighted by atomic mass is 16.6. The summed E-state index contributed by atoms with van der Waals surface area (Å²) >= 11 is 0. The number of fused-ring (bicyclic) bond motifs is 2. The van der Waals surface area contributed by atoms with Gasteiger partial charge in [-0.05, 0) is 67.7 Å². The number of carbonyl (C=O) groups is 3. The topological polar surface area (TPSA) is 95.9 Å². The molecule has 2 heterocycles. The van der Waals surface area contributed by atoms with Gasteiger partial charge < -0.3 is 14.7 Å². The van der Waals surface area contributed by atoms with Gasteiger partial charge in [-0.3, -0.25) is 14.9 Å². The van der Waals surface area contributed by atoms with Gasteiger partial charge in [0.25, 0.3) is 0 Å². The summed E-state index contributed by atoms with van der Waals surface area (Å²) in [6, 6.07) is 0. The molecule has 0 aromatic heterocycles. The van der Waals surface area contributed by atoms with Crippen LogP contribution in [0.3, 0.4) is 0 Å². The maximum absolute atomic E-state index is 13.6. The number of allylic oxidation sites excluding steroid dienone is 1. The lowest BCUT2D eigenvalue weighted by atomic mass is 9.43. The molecule has 2 saturated heterocycles. The molecule has 5 fully saturated rings. The second-order valence-corrected chi connectivity index (χ2v) is 13.7. The van der Waals surface area contributed by atoms with Crippen molar-refractivity contribution >= 4 is 17.8 Å². The molecule has 12 atom stereocenters. The number of nitrogens with one attached hydrogen (secondary N) is 1. The molecule has 4 bridgehead atoms. The van der Waals surface area contributed by atoms with Crippen molar-refractivity contribution in [1.29, 1.82) is 0 Å². The molecule has 7 nitrogen and oxygen atoms in total. The van der Waals surface area contributed by atoms with Crippen LogP contribution in [0.4, 0.5) is 4.79 Å². The fourth-order valence-electron chi connectivity index (χ4n) is 9.45. The van der Waals surface area contributed by atoms with Crippen molar-refractivity contribution < 1.29 is 24.2 Å². The molecule has 0 aromatic rings. The van der Waals surface area contributed by atoms with Gasteiger partial charge in [0.2, 0.25) is 5.91 Å². The number of imide groups is 1. The van der Waals surface area contributed by atoms with E-state index in [4.69, 9.17) is 4.74 Å². The average molecular weight is 515 g/mol. The van der Waals surface area contributed by atoms with Gasteiger partial charge in [0.15, 0.2) is 0 Å². The predicted molar refractivity (Wildman–Crippen MR) is 140 cm³/mol. The van der Waals surface area contributed by atoms with Gasteiger partial charge in [-0.15, -0.1) is 6.58 Å². The molecule has 5 rings (SSSR count). The van der Waals surface area contributed by atoms with E-state index in [-0.39, 0.29) is 46.7 Å². The summed E-state index contributed by atoms with van der Waals surface area (Å²) in [5.74, 6) is -0.118. The number of aliphatic hydroxyl groups is 1. The molecule has 2 N–H and O–H groups in total. The van der Waals surface area contributed by atoms with Gasteiger partial charge in [0, 0.05) is 36.3 Å². The zero-order valence-corrected chi connectivity index (χ0v) is 23.3. The van der Waals surface area contributed by atoms with E-state index in [0.29, 0.717) is 25.3 Å². The standard InChI is InChI=1S/C30H46N2O5/c1-7-17(2)28(5)14-23(37-27(36)31-26(35)21-16-32-13-10-20(21)15-32)29(6)18(3)8-11-30(19(4)25(28)34)12-9-22(33)24(29)30/h7,17-21,23-25,34H,1,8-16H2,2-6H3,(H,31,35,36)/t17?,18-,19+,20+,21+,23-,24?,25+,28+,29+,30?/m1/s1. The molecule has 2 amide bonds. The molecule has 0 spiro atoms. The number of alkyl carbamates (subject to hydrolysis) is 1. The second-order valence-electron chi connectivity index (χ2n) is 13.7. The highest BCUT2D eigenvalue weighted by Gasteiger charge is 2.68. The number of amides is 2. The first-order valence-electron chi connectivity index (χ1n) is 14.5. The van der Waals surface area contributed by atoms with Gasteiger partial charge >= 0.3 is 6.09 Å². The van der Waals surface area contributed by atoms with E-state index in [1.54, 1.807) is 0 Å². The fraction of sp³-hybridized carbons (Fsp3) is 0.833. The van der Waals surface area contributed by atoms with Crippen LogP contribution < -0.4 is 5.32 Å². The molecule has 5 aliphatic rings. The SMILES string of the molecule is C=CC(C)[C@]1(C)C[C@@H](OC(=O)NC(=O)[C@H]2CN3CC[C@H]2C3)[C@@]2(C)C3C(=O)CCC3(CC[C@H]2C)[C@@H](C)[C@@H]1O. The minimum Gasteiger partial charge on any atom is -0.445 e. The normalized spacial score (nSPS) is 49.5. The third-order valence-corrected chi connectivity index (χ3v) is 12.4. The maximum Gasteiger partial charge on any atom is 0.414 e. The molecule has 0 radical (unpaired) electrons. The second kappa shape index (κ2) is 9.18. The van der Waals surface area contributed by atoms with E-state index in [9.17, 15) is 19.5 Å². The summed E-state index contributed by atoms with van der Waals surface area (Å²) in [6.07, 6.45) is 4.36. The molecular weight excluding hydrogens is 468 g/mol. The highest BCUT2D eigenvalue weighted by molar-refractivity contribution is 5.93. The number of rotatable bonds is 4. The Labute approximate surface area is 221 Å². The van der Waals surface area contributed by atoms with Crippen molar-refractivity contribution in [2.45, 2.75) is 85.4 Å². The van der Waals surface area contributed by atoms with Crippen LogP contribution in [-0.4, -0.2) is 59.6 Å². The zero-order chi connectivity index (χ0) is 26.9. The third kappa shape index (κ3) is 3.85. The van der Waals surface area contributed by atoms with Crippen molar-refractivity contribution in [3.8, 4) is 0 Å². The number of nitrogens with zero attached hydrogens (tertiary/aromatic N) is 1. The molecule has 3 aliphatic carbocycles. The Morgan fingerprint density at radius 3 is 2.57 bits per heavy atom. The molecule has 2 aliphatic heterocycles. The number of ether oxygens (including phenoxy) is 1. The number of carbonyl (C=O) groups excluding carboxylic acids is 3. The van der Waals surface area contributed by atoms with Gasteiger partial charge in [0.1, 0.15) is 11.9 Å². The van der Waals surface area contributed by atoms with Crippen LogP contribution in [0.2, 0.25) is 0 Å². The summed E-state index contributed by atoms with van der Waals surface area (Å²) in [5, 5.41) is 14.5. The predicted octanol–water partition coefficient (Wildman–Crippen LogP) is 4.19. The van der Waals surface area contributed by atoms with Gasteiger partial charge in [-0.1, -0.05) is 40.7 Å². The van der Waals surface area contributed by atoms with E-state index < -0.39 is 29.1 Å². The van der Waals surface area contributed by atoms with Crippen molar-refractivity contribution in [3.05, 3.63) is 12.7 Å². The van der Waals surface area contributed by atoms with Crippen LogP contribution in [0, 0.1) is 51.8 Å². The number of hydrogen-bond acceptors (Lipinski definition) is 6. The zero-order valence-electron chi connectivity index (χ0n) is 23.3. The quantitative estimate of drug-likeness (QED) is 0.546. The minimum absolute atomic E-state index is 0.0338. The Morgan fingerprint density at radius 1 is 1.22 bits per heavy atom. The van der Waals surface area contributed by atoms with Crippen molar-refractivity contribution in [1.82, 2.24) is 10.2 Å². The number of hydrogen-bond donors (Lipinski definition) is 2. The monoisotopic (exact) mass is 514 g/mol. The number of ketones is 1. The Hall–Kier alpha value is -1.73. The first-order valence-corrected chi connectivity index (χ1v) is 14.5. The van der Waals surface area contributed by atoms with E-state index in [0.717, 1.165) is 38.8 Å². The van der Waals surface area contributed by atoms with Gasteiger partial charge in [-0.2, -0.15) is 0 Å². The van der Waals surface area contributed by atoms with Crippen LogP contribution in [0.25, 0.3) is 0 Å². The molecule has 4 unspecified atom stereocenters. The molecule has 37 heavy (non-hydrogen) atoms. The molecule has 206 valence electrons. The van der Waals surface area contributed by atoms with E-state index >= 15 is 0 Å². The summed E-state index contributed by atoms with van der Waals surface area (Å²) in [7, 11) is 0. The minimum atomic E-state index is -0.723. The summed E-state index contributed by atoms with van der Waals surface area (Å²) in [5.41, 5.74) is -1.50. The van der Waals surface area contributed by atoms with Crippen LogP contribution in [0.1, 0.15) is 73.1 Å².